The van der Waals surface area contributed by atoms with E-state index in [9.17, 15) is 23.6 Å². The minimum atomic E-state index is -1.33. The first-order chi connectivity index (χ1) is 10.3. The fraction of sp³-hybridized carbons (Fsp3) is 0.286. The zero-order chi connectivity index (χ0) is 16.9. The molecule has 1 aromatic carbocycles. The summed E-state index contributed by atoms with van der Waals surface area (Å²) in [6.07, 6.45) is -0.216. The highest BCUT2D eigenvalue weighted by Crippen LogP contribution is 2.16. The van der Waals surface area contributed by atoms with E-state index in [2.05, 4.69) is 0 Å². The van der Waals surface area contributed by atoms with Crippen molar-refractivity contribution in [2.24, 2.45) is 5.73 Å². The minimum Gasteiger partial charge on any atom is -0.480 e. The molecule has 0 radical (unpaired) electrons. The summed E-state index contributed by atoms with van der Waals surface area (Å²) in [5, 5.41) is 9.14. The van der Waals surface area contributed by atoms with Crippen molar-refractivity contribution in [1.82, 2.24) is 4.90 Å². The average Bonchev–Trinajstić information content (AvgIpc) is 2.45. The second-order valence-corrected chi connectivity index (χ2v) is 4.59. The highest BCUT2D eigenvalue weighted by atomic mass is 19.1. The zero-order valence-corrected chi connectivity index (χ0v) is 11.8. The maximum absolute atomic E-state index is 13.5. The van der Waals surface area contributed by atoms with Crippen molar-refractivity contribution in [3.8, 4) is 0 Å². The largest absolute Gasteiger partial charge is 0.480 e. The number of carboxylic acids is 1. The quantitative estimate of drug-likeness (QED) is 0.708. The van der Waals surface area contributed by atoms with E-state index in [0.717, 1.165) is 11.0 Å². The van der Waals surface area contributed by atoms with Gasteiger partial charge in [0.05, 0.1) is 11.1 Å². The van der Waals surface area contributed by atoms with E-state index in [1.807, 2.05) is 0 Å². The van der Waals surface area contributed by atoms with Gasteiger partial charge in [0.15, 0.2) is 6.29 Å². The second kappa shape index (κ2) is 7.30. The van der Waals surface area contributed by atoms with Crippen LogP contribution in [0.3, 0.4) is 0 Å². The first-order valence-electron chi connectivity index (χ1n) is 6.31. The van der Waals surface area contributed by atoms with Crippen molar-refractivity contribution in [2.45, 2.75) is 18.9 Å². The lowest BCUT2D eigenvalue weighted by atomic mass is 10.0. The van der Waals surface area contributed by atoms with Crippen LogP contribution in [-0.2, 0) is 9.59 Å². The number of carboxylic acid groups (broad SMARTS) is 1. The van der Waals surface area contributed by atoms with Gasteiger partial charge in [-0.3, -0.25) is 14.4 Å². The molecule has 0 aliphatic heterocycles. The maximum Gasteiger partial charge on any atom is 0.326 e. The number of halogens is 1. The van der Waals surface area contributed by atoms with Crippen molar-refractivity contribution in [2.75, 3.05) is 7.05 Å². The Hall–Kier alpha value is -2.77. The highest BCUT2D eigenvalue weighted by Gasteiger charge is 2.29. The summed E-state index contributed by atoms with van der Waals surface area (Å²) in [4.78, 5) is 46.0. The number of amides is 2. The van der Waals surface area contributed by atoms with Crippen molar-refractivity contribution >= 4 is 24.1 Å². The molecule has 1 atom stereocenters. The van der Waals surface area contributed by atoms with E-state index in [-0.39, 0.29) is 24.7 Å². The van der Waals surface area contributed by atoms with Gasteiger partial charge in [0.2, 0.25) is 5.91 Å². The zero-order valence-electron chi connectivity index (χ0n) is 11.8. The molecule has 118 valence electrons. The smallest absolute Gasteiger partial charge is 0.326 e. The molecule has 0 aliphatic rings. The van der Waals surface area contributed by atoms with Gasteiger partial charge in [0.25, 0.3) is 5.91 Å². The monoisotopic (exact) mass is 310 g/mol. The molecule has 0 spiro atoms. The molecule has 2 amide bonds. The molecule has 0 aliphatic carbocycles. The maximum atomic E-state index is 13.5. The van der Waals surface area contributed by atoms with Crippen molar-refractivity contribution in [3.05, 3.63) is 35.1 Å². The third kappa shape index (κ3) is 3.87. The fourth-order valence-electron chi connectivity index (χ4n) is 1.94. The van der Waals surface area contributed by atoms with Crippen LogP contribution in [0.5, 0.6) is 0 Å². The number of primary amides is 1. The molecule has 7 nitrogen and oxygen atoms in total. The average molecular weight is 310 g/mol. The Morgan fingerprint density at radius 3 is 2.55 bits per heavy atom. The summed E-state index contributed by atoms with van der Waals surface area (Å²) in [5.41, 5.74) is 4.27. The lowest BCUT2D eigenvalue weighted by Gasteiger charge is -2.25. The van der Waals surface area contributed by atoms with Gasteiger partial charge in [0.1, 0.15) is 11.9 Å². The number of hydrogen-bond donors (Lipinski definition) is 2. The number of hydrogen-bond acceptors (Lipinski definition) is 4. The molecule has 1 rings (SSSR count). The first kappa shape index (κ1) is 17.3. The van der Waals surface area contributed by atoms with E-state index in [1.165, 1.54) is 19.2 Å². The summed E-state index contributed by atoms with van der Waals surface area (Å²) in [7, 11) is 1.20. The number of carbonyl (C=O) groups is 4. The van der Waals surface area contributed by atoms with Gasteiger partial charge in [-0.05, 0) is 18.6 Å². The Morgan fingerprint density at radius 1 is 1.41 bits per heavy atom. The molecule has 0 saturated heterocycles. The molecule has 8 heteroatoms. The third-order valence-electron chi connectivity index (χ3n) is 3.14. The van der Waals surface area contributed by atoms with E-state index in [1.54, 1.807) is 0 Å². The summed E-state index contributed by atoms with van der Waals surface area (Å²) in [6.45, 7) is 0. The number of nitrogens with zero attached hydrogens (tertiary/aromatic N) is 1. The van der Waals surface area contributed by atoms with Crippen LogP contribution in [0.15, 0.2) is 18.2 Å². The number of aldehydes is 1. The van der Waals surface area contributed by atoms with Crippen LogP contribution < -0.4 is 5.73 Å². The standard InChI is InChI=1S/C14H15FN2O5/c1-17(11(14(21)22)5-6-12(16)19)13(20)8-3-2-4-10(15)9(8)7-18/h2-4,7,11H,5-6H2,1H3,(H2,16,19)(H,21,22). The minimum absolute atomic E-state index is 0.182. The number of likely N-dealkylation sites (N-methyl/N-ethyl adjacent to an activating group) is 1. The molecule has 0 aromatic heterocycles. The number of nitrogens with two attached hydrogens (primary N) is 1. The van der Waals surface area contributed by atoms with Crippen LogP contribution >= 0.6 is 0 Å². The number of benzene rings is 1. The third-order valence-corrected chi connectivity index (χ3v) is 3.14. The van der Waals surface area contributed by atoms with Gasteiger partial charge < -0.3 is 15.7 Å². The summed E-state index contributed by atoms with van der Waals surface area (Å²) < 4.78 is 13.5. The van der Waals surface area contributed by atoms with Crippen molar-refractivity contribution in [1.29, 1.82) is 0 Å². The predicted octanol–water partition coefficient (Wildman–Crippen LogP) is 0.429. The van der Waals surface area contributed by atoms with Crippen LogP contribution in [-0.4, -0.2) is 47.2 Å². The van der Waals surface area contributed by atoms with Gasteiger partial charge in [-0.25, -0.2) is 9.18 Å². The fourth-order valence-corrected chi connectivity index (χ4v) is 1.94. The predicted molar refractivity (Wildman–Crippen MR) is 73.7 cm³/mol. The highest BCUT2D eigenvalue weighted by molar-refractivity contribution is 6.02. The van der Waals surface area contributed by atoms with Crippen molar-refractivity contribution < 1.29 is 28.7 Å². The van der Waals surface area contributed by atoms with Crippen LogP contribution in [0, 0.1) is 5.82 Å². The molecule has 0 heterocycles. The molecule has 0 saturated carbocycles. The van der Waals surface area contributed by atoms with Gasteiger partial charge >= 0.3 is 5.97 Å². The summed E-state index contributed by atoms with van der Waals surface area (Å²) in [6, 6.07) is 2.16. The van der Waals surface area contributed by atoms with Gasteiger partial charge in [0, 0.05) is 13.5 Å². The van der Waals surface area contributed by atoms with Crippen LogP contribution in [0.2, 0.25) is 0 Å². The molecule has 3 N–H and O–H groups in total. The summed E-state index contributed by atoms with van der Waals surface area (Å²) in [5.74, 6) is -3.75. The van der Waals surface area contributed by atoms with E-state index >= 15 is 0 Å². The van der Waals surface area contributed by atoms with Crippen LogP contribution in [0.25, 0.3) is 0 Å². The van der Waals surface area contributed by atoms with Crippen molar-refractivity contribution in [3.63, 3.8) is 0 Å². The Balaban J connectivity index is 3.09. The molecular formula is C14H15FN2O5. The van der Waals surface area contributed by atoms with E-state index in [4.69, 9.17) is 10.8 Å². The van der Waals surface area contributed by atoms with Crippen LogP contribution in [0.1, 0.15) is 33.6 Å². The molecule has 0 bridgehead atoms. The normalized spacial score (nSPS) is 11.5. The molecule has 1 aromatic rings. The molecule has 1 unspecified atom stereocenters. The Morgan fingerprint density at radius 2 is 2.05 bits per heavy atom. The van der Waals surface area contributed by atoms with E-state index in [0.29, 0.717) is 0 Å². The topological polar surface area (TPSA) is 118 Å². The van der Waals surface area contributed by atoms with Crippen LogP contribution in [0.4, 0.5) is 4.39 Å². The van der Waals surface area contributed by atoms with Gasteiger partial charge in [-0.15, -0.1) is 0 Å². The van der Waals surface area contributed by atoms with Gasteiger partial charge in [-0.1, -0.05) is 6.07 Å². The van der Waals surface area contributed by atoms with Gasteiger partial charge in [-0.2, -0.15) is 0 Å². The SMILES string of the molecule is CN(C(=O)c1cccc(F)c1C=O)C(CCC(N)=O)C(=O)O. The first-order valence-corrected chi connectivity index (χ1v) is 6.31. The molecular weight excluding hydrogens is 295 g/mol. The number of aliphatic carboxylic acids is 1. The molecule has 22 heavy (non-hydrogen) atoms. The Labute approximate surface area is 125 Å². The second-order valence-electron chi connectivity index (χ2n) is 4.59. The number of carbonyl (C=O) groups excluding carboxylic acids is 3. The lowest BCUT2D eigenvalue weighted by Crippen LogP contribution is -2.43. The lowest BCUT2D eigenvalue weighted by molar-refractivity contribution is -0.142. The Kier molecular flexibility index (Phi) is 5.73. The molecule has 0 fully saturated rings. The number of rotatable bonds is 7. The summed E-state index contributed by atoms with van der Waals surface area (Å²) >= 11 is 0. The van der Waals surface area contributed by atoms with E-state index < -0.39 is 35.2 Å². The Bertz CT molecular complexity index is 617.